The number of non-ortho nitro benzene ring substituents is 1. The fourth-order valence-electron chi connectivity index (χ4n) is 1.82. The van der Waals surface area contributed by atoms with E-state index in [1.165, 1.54) is 24.3 Å². The van der Waals surface area contributed by atoms with E-state index < -0.39 is 4.92 Å². The van der Waals surface area contributed by atoms with Crippen LogP contribution in [-0.2, 0) is 4.79 Å². The molecule has 0 fully saturated rings. The third-order valence-electron chi connectivity index (χ3n) is 2.98. The van der Waals surface area contributed by atoms with Crippen LogP contribution in [0.1, 0.15) is 11.1 Å². The minimum atomic E-state index is -0.466. The number of nitro groups is 1. The summed E-state index contributed by atoms with van der Waals surface area (Å²) in [6.45, 7) is 1.71. The van der Waals surface area contributed by atoms with E-state index >= 15 is 0 Å². The Balaban J connectivity index is 2.05. The Morgan fingerprint density at radius 3 is 2.50 bits per heavy atom. The first kappa shape index (κ1) is 15.9. The smallest absolute Gasteiger partial charge is 0.269 e. The maximum atomic E-state index is 11.9. The van der Waals surface area contributed by atoms with E-state index in [-0.39, 0.29) is 11.6 Å². The average Bonchev–Trinajstić information content (AvgIpc) is 2.48. The fraction of sp³-hybridized carbons (Fsp3) is 0.0625. The van der Waals surface area contributed by atoms with Crippen LogP contribution in [-0.4, -0.2) is 10.8 Å². The Kier molecular flexibility index (Phi) is 5.06. The Morgan fingerprint density at radius 2 is 1.91 bits per heavy atom. The summed E-state index contributed by atoms with van der Waals surface area (Å²) in [4.78, 5) is 22.1. The van der Waals surface area contributed by atoms with Gasteiger partial charge in [0.05, 0.1) is 4.92 Å². The summed E-state index contributed by atoms with van der Waals surface area (Å²) >= 11 is 3.34. The van der Waals surface area contributed by atoms with E-state index in [9.17, 15) is 14.9 Å². The first-order valence-electron chi connectivity index (χ1n) is 6.45. The standard InChI is InChI=1S/C16H13BrN2O3/c1-11-10-14(19(21)22)7-8-15(11)18-16(20)9-4-12-2-5-13(17)6-3-12/h2-10H,1H3,(H,18,20)/b9-4+. The second-order valence-electron chi connectivity index (χ2n) is 4.63. The lowest BCUT2D eigenvalue weighted by molar-refractivity contribution is -0.384. The highest BCUT2D eigenvalue weighted by molar-refractivity contribution is 9.10. The molecule has 22 heavy (non-hydrogen) atoms. The number of hydrogen-bond acceptors (Lipinski definition) is 3. The number of hydrogen-bond donors (Lipinski definition) is 1. The predicted octanol–water partition coefficient (Wildman–Crippen LogP) is 4.32. The third-order valence-corrected chi connectivity index (χ3v) is 3.50. The van der Waals surface area contributed by atoms with Gasteiger partial charge in [-0.05, 0) is 42.3 Å². The molecule has 0 aliphatic rings. The molecule has 0 aliphatic carbocycles. The molecule has 112 valence electrons. The van der Waals surface area contributed by atoms with Crippen molar-refractivity contribution in [2.24, 2.45) is 0 Å². The number of carbonyl (C=O) groups is 1. The summed E-state index contributed by atoms with van der Waals surface area (Å²) in [5.41, 5.74) is 2.09. The maximum Gasteiger partial charge on any atom is 0.269 e. The molecule has 0 saturated heterocycles. The summed E-state index contributed by atoms with van der Waals surface area (Å²) in [6.07, 6.45) is 3.12. The molecule has 0 aromatic heterocycles. The zero-order chi connectivity index (χ0) is 16.1. The number of nitrogens with one attached hydrogen (secondary N) is 1. The zero-order valence-electron chi connectivity index (χ0n) is 11.7. The molecule has 0 saturated carbocycles. The van der Waals surface area contributed by atoms with Crippen molar-refractivity contribution in [2.75, 3.05) is 5.32 Å². The summed E-state index contributed by atoms with van der Waals surface area (Å²) in [7, 11) is 0. The topological polar surface area (TPSA) is 72.2 Å². The van der Waals surface area contributed by atoms with Crippen molar-refractivity contribution < 1.29 is 9.72 Å². The predicted molar refractivity (Wildman–Crippen MR) is 89.6 cm³/mol. The Labute approximate surface area is 135 Å². The van der Waals surface area contributed by atoms with Gasteiger partial charge in [0.2, 0.25) is 5.91 Å². The Hall–Kier alpha value is -2.47. The number of nitrogens with zero attached hydrogens (tertiary/aromatic N) is 1. The van der Waals surface area contributed by atoms with Gasteiger partial charge in [-0.2, -0.15) is 0 Å². The van der Waals surface area contributed by atoms with Gasteiger partial charge in [0, 0.05) is 28.4 Å². The van der Waals surface area contributed by atoms with Gasteiger partial charge in [-0.15, -0.1) is 0 Å². The lowest BCUT2D eigenvalue weighted by Gasteiger charge is -2.05. The van der Waals surface area contributed by atoms with Crippen LogP contribution in [0.2, 0.25) is 0 Å². The van der Waals surface area contributed by atoms with Crippen LogP contribution in [0.3, 0.4) is 0 Å². The van der Waals surface area contributed by atoms with Gasteiger partial charge < -0.3 is 5.32 Å². The molecule has 2 aromatic carbocycles. The van der Waals surface area contributed by atoms with Crippen molar-refractivity contribution in [3.63, 3.8) is 0 Å². The molecular weight excluding hydrogens is 348 g/mol. The molecule has 2 rings (SSSR count). The van der Waals surface area contributed by atoms with Crippen molar-refractivity contribution in [1.29, 1.82) is 0 Å². The quantitative estimate of drug-likeness (QED) is 0.501. The number of aryl methyl sites for hydroxylation is 1. The van der Waals surface area contributed by atoms with Crippen LogP contribution in [0.4, 0.5) is 11.4 Å². The van der Waals surface area contributed by atoms with Crippen molar-refractivity contribution >= 4 is 39.3 Å². The number of anilines is 1. The molecule has 0 bridgehead atoms. The molecule has 1 N–H and O–H groups in total. The van der Waals surface area contributed by atoms with E-state index in [2.05, 4.69) is 21.2 Å². The minimum absolute atomic E-state index is 0.000837. The molecule has 6 heteroatoms. The van der Waals surface area contributed by atoms with Crippen LogP contribution in [0.25, 0.3) is 6.08 Å². The van der Waals surface area contributed by atoms with Gasteiger partial charge in [-0.1, -0.05) is 28.1 Å². The molecule has 0 unspecified atom stereocenters. The number of amides is 1. The van der Waals surface area contributed by atoms with Crippen molar-refractivity contribution in [3.05, 3.63) is 74.3 Å². The van der Waals surface area contributed by atoms with Crippen molar-refractivity contribution in [2.45, 2.75) is 6.92 Å². The summed E-state index contributed by atoms with van der Waals surface area (Å²) in [6, 6.07) is 11.8. The number of carbonyl (C=O) groups excluding carboxylic acids is 1. The molecule has 0 spiro atoms. The lowest BCUT2D eigenvalue weighted by atomic mass is 10.1. The number of rotatable bonds is 4. The van der Waals surface area contributed by atoms with Gasteiger partial charge in [0.15, 0.2) is 0 Å². The van der Waals surface area contributed by atoms with Crippen LogP contribution < -0.4 is 5.32 Å². The van der Waals surface area contributed by atoms with E-state index in [0.29, 0.717) is 11.3 Å². The summed E-state index contributed by atoms with van der Waals surface area (Å²) in [5.74, 6) is -0.292. The summed E-state index contributed by atoms with van der Waals surface area (Å²) < 4.78 is 0.968. The minimum Gasteiger partial charge on any atom is -0.322 e. The highest BCUT2D eigenvalue weighted by atomic mass is 79.9. The van der Waals surface area contributed by atoms with Gasteiger partial charge in [0.1, 0.15) is 0 Å². The molecule has 5 nitrogen and oxygen atoms in total. The van der Waals surface area contributed by atoms with Crippen molar-refractivity contribution in [1.82, 2.24) is 0 Å². The first-order chi connectivity index (χ1) is 10.5. The highest BCUT2D eigenvalue weighted by Gasteiger charge is 2.08. The average molecular weight is 361 g/mol. The third kappa shape index (κ3) is 4.26. The van der Waals surface area contributed by atoms with Gasteiger partial charge in [0.25, 0.3) is 5.69 Å². The Bertz CT molecular complexity index is 740. The molecular formula is C16H13BrN2O3. The lowest BCUT2D eigenvalue weighted by Crippen LogP contribution is -2.09. The molecule has 1 amide bonds. The molecule has 2 aromatic rings. The highest BCUT2D eigenvalue weighted by Crippen LogP contribution is 2.21. The van der Waals surface area contributed by atoms with Gasteiger partial charge >= 0.3 is 0 Å². The molecule has 0 atom stereocenters. The molecule has 0 aliphatic heterocycles. The fourth-order valence-corrected chi connectivity index (χ4v) is 2.09. The number of nitro benzene ring substituents is 1. The van der Waals surface area contributed by atoms with E-state index in [1.54, 1.807) is 13.0 Å². The van der Waals surface area contributed by atoms with Crippen LogP contribution in [0, 0.1) is 17.0 Å². The summed E-state index contributed by atoms with van der Waals surface area (Å²) in [5, 5.41) is 13.4. The van der Waals surface area contributed by atoms with Crippen molar-refractivity contribution in [3.8, 4) is 0 Å². The van der Waals surface area contributed by atoms with Crippen LogP contribution >= 0.6 is 15.9 Å². The Morgan fingerprint density at radius 1 is 1.23 bits per heavy atom. The largest absolute Gasteiger partial charge is 0.322 e. The number of benzene rings is 2. The zero-order valence-corrected chi connectivity index (χ0v) is 13.3. The molecule has 0 heterocycles. The second kappa shape index (κ2) is 7.00. The van der Waals surface area contributed by atoms with Crippen LogP contribution in [0.15, 0.2) is 53.0 Å². The second-order valence-corrected chi connectivity index (χ2v) is 5.55. The SMILES string of the molecule is Cc1cc([N+](=O)[O-])ccc1NC(=O)/C=C/c1ccc(Br)cc1. The van der Waals surface area contributed by atoms with Gasteiger partial charge in [-0.25, -0.2) is 0 Å². The first-order valence-corrected chi connectivity index (χ1v) is 7.24. The molecule has 0 radical (unpaired) electrons. The van der Waals surface area contributed by atoms with E-state index in [1.807, 2.05) is 24.3 Å². The number of halogens is 1. The van der Waals surface area contributed by atoms with Crippen LogP contribution in [0.5, 0.6) is 0 Å². The van der Waals surface area contributed by atoms with E-state index in [0.717, 1.165) is 10.0 Å². The normalized spacial score (nSPS) is 10.6. The van der Waals surface area contributed by atoms with Gasteiger partial charge in [-0.3, -0.25) is 14.9 Å². The monoisotopic (exact) mass is 360 g/mol. The van der Waals surface area contributed by atoms with E-state index in [4.69, 9.17) is 0 Å². The maximum absolute atomic E-state index is 11.9.